The number of nitrogens with one attached hydrogen (secondary N) is 1. The summed E-state index contributed by atoms with van der Waals surface area (Å²) in [6.07, 6.45) is 2.06. The Labute approximate surface area is 128 Å². The van der Waals surface area contributed by atoms with Gasteiger partial charge in [0, 0.05) is 18.8 Å². The third-order valence-corrected chi connectivity index (χ3v) is 3.41. The van der Waals surface area contributed by atoms with Crippen LogP contribution in [0.25, 0.3) is 0 Å². The number of rotatable bonds is 3. The minimum absolute atomic E-state index is 0. The highest BCUT2D eigenvalue weighted by molar-refractivity contribution is 6.34. The van der Waals surface area contributed by atoms with Gasteiger partial charge >= 0.3 is 0 Å². The van der Waals surface area contributed by atoms with Crippen molar-refractivity contribution in [2.75, 3.05) is 25.4 Å². The molecule has 7 heteroatoms. The first-order valence-corrected chi connectivity index (χ1v) is 6.57. The molecule has 0 radical (unpaired) electrons. The van der Waals surface area contributed by atoms with Gasteiger partial charge in [0.15, 0.2) is 0 Å². The Morgan fingerprint density at radius 1 is 1.30 bits per heavy atom. The summed E-state index contributed by atoms with van der Waals surface area (Å²) in [7, 11) is 0. The van der Waals surface area contributed by atoms with Crippen molar-refractivity contribution in [1.29, 1.82) is 0 Å². The number of amides is 2. The molecule has 1 fully saturated rings. The molecule has 20 heavy (non-hydrogen) atoms. The van der Waals surface area contributed by atoms with Gasteiger partial charge in [-0.25, -0.2) is 0 Å². The van der Waals surface area contributed by atoms with Crippen molar-refractivity contribution in [1.82, 2.24) is 10.2 Å². The molecule has 0 spiro atoms. The molecule has 1 aliphatic rings. The van der Waals surface area contributed by atoms with Gasteiger partial charge in [0.25, 0.3) is 5.91 Å². The molecule has 0 saturated carbocycles. The summed E-state index contributed by atoms with van der Waals surface area (Å²) in [4.78, 5) is 25.4. The standard InChI is InChI=1S/C13H16ClN3O2.ClH/c14-11-7-9(15)3-4-10(11)13(19)16-8-12(18)17-5-1-2-6-17;/h3-4,7H,1-2,5-6,8,15H2,(H,16,19);1H. The number of hydrogen-bond donors (Lipinski definition) is 2. The molecule has 110 valence electrons. The van der Waals surface area contributed by atoms with Crippen LogP contribution in [-0.2, 0) is 4.79 Å². The second kappa shape index (κ2) is 7.36. The highest BCUT2D eigenvalue weighted by Crippen LogP contribution is 2.18. The predicted molar refractivity (Wildman–Crippen MR) is 81.3 cm³/mol. The maximum absolute atomic E-state index is 11.9. The molecule has 1 aromatic carbocycles. The Bertz CT molecular complexity index is 502. The number of benzene rings is 1. The molecule has 2 amide bonds. The number of nitrogens with zero attached hydrogens (tertiary/aromatic N) is 1. The largest absolute Gasteiger partial charge is 0.399 e. The van der Waals surface area contributed by atoms with Crippen molar-refractivity contribution in [2.24, 2.45) is 0 Å². The van der Waals surface area contributed by atoms with Gasteiger partial charge in [0.2, 0.25) is 5.91 Å². The number of anilines is 1. The number of nitrogens with two attached hydrogens (primary N) is 1. The summed E-state index contributed by atoms with van der Waals surface area (Å²) in [5, 5.41) is 2.86. The van der Waals surface area contributed by atoms with Crippen molar-refractivity contribution in [3.63, 3.8) is 0 Å². The molecule has 5 nitrogen and oxygen atoms in total. The van der Waals surface area contributed by atoms with Crippen LogP contribution in [0.3, 0.4) is 0 Å². The first-order valence-electron chi connectivity index (χ1n) is 6.19. The zero-order valence-electron chi connectivity index (χ0n) is 10.9. The van der Waals surface area contributed by atoms with Gasteiger partial charge in [0.1, 0.15) is 0 Å². The average molecular weight is 318 g/mol. The zero-order valence-corrected chi connectivity index (χ0v) is 12.5. The van der Waals surface area contributed by atoms with Crippen LogP contribution in [-0.4, -0.2) is 36.3 Å². The second-order valence-electron chi connectivity index (χ2n) is 4.51. The van der Waals surface area contributed by atoms with Gasteiger partial charge in [-0.3, -0.25) is 9.59 Å². The predicted octanol–water partition coefficient (Wildman–Crippen LogP) is 1.70. The number of likely N-dealkylation sites (tertiary alicyclic amines) is 1. The Morgan fingerprint density at radius 3 is 2.55 bits per heavy atom. The summed E-state index contributed by atoms with van der Waals surface area (Å²) < 4.78 is 0. The summed E-state index contributed by atoms with van der Waals surface area (Å²) in [5.41, 5.74) is 6.37. The molecule has 3 N–H and O–H groups in total. The van der Waals surface area contributed by atoms with E-state index in [1.807, 2.05) is 0 Å². The van der Waals surface area contributed by atoms with E-state index in [1.165, 1.54) is 6.07 Å². The highest BCUT2D eigenvalue weighted by Gasteiger charge is 2.19. The third-order valence-electron chi connectivity index (χ3n) is 3.10. The fraction of sp³-hybridized carbons (Fsp3) is 0.385. The SMILES string of the molecule is Cl.Nc1ccc(C(=O)NCC(=O)N2CCCC2)c(Cl)c1. The number of hydrogen-bond acceptors (Lipinski definition) is 3. The molecule has 0 aromatic heterocycles. The van der Waals surface area contributed by atoms with Gasteiger partial charge < -0.3 is 16.0 Å². The molecule has 1 saturated heterocycles. The molecule has 1 aromatic rings. The summed E-state index contributed by atoms with van der Waals surface area (Å²) in [6, 6.07) is 4.66. The molecule has 2 rings (SSSR count). The van der Waals surface area contributed by atoms with Gasteiger partial charge in [-0.1, -0.05) is 11.6 Å². The molecule has 1 heterocycles. The third kappa shape index (κ3) is 4.02. The van der Waals surface area contributed by atoms with Crippen molar-refractivity contribution in [2.45, 2.75) is 12.8 Å². The fourth-order valence-corrected chi connectivity index (χ4v) is 2.32. The van der Waals surface area contributed by atoms with Crippen LogP contribution >= 0.6 is 24.0 Å². The van der Waals surface area contributed by atoms with E-state index in [-0.39, 0.29) is 35.8 Å². The summed E-state index contributed by atoms with van der Waals surface area (Å²) in [6.45, 7) is 1.55. The number of halogens is 2. The molecule has 1 aliphatic heterocycles. The van der Waals surface area contributed by atoms with Crippen LogP contribution in [0.5, 0.6) is 0 Å². The van der Waals surface area contributed by atoms with Crippen LogP contribution in [0.1, 0.15) is 23.2 Å². The first kappa shape index (κ1) is 16.6. The normalized spacial score (nSPS) is 13.8. The minimum atomic E-state index is -0.363. The quantitative estimate of drug-likeness (QED) is 0.833. The van der Waals surface area contributed by atoms with Gasteiger partial charge in [-0.05, 0) is 31.0 Å². The molecule has 0 unspecified atom stereocenters. The van der Waals surface area contributed by atoms with E-state index in [4.69, 9.17) is 17.3 Å². The van der Waals surface area contributed by atoms with E-state index < -0.39 is 0 Å². The van der Waals surface area contributed by atoms with Gasteiger partial charge in [-0.15, -0.1) is 12.4 Å². The van der Waals surface area contributed by atoms with Crippen LogP contribution in [0.4, 0.5) is 5.69 Å². The Morgan fingerprint density at radius 2 is 1.95 bits per heavy atom. The van der Waals surface area contributed by atoms with Crippen molar-refractivity contribution >= 4 is 41.5 Å². The van der Waals surface area contributed by atoms with Crippen molar-refractivity contribution < 1.29 is 9.59 Å². The van der Waals surface area contributed by atoms with Gasteiger partial charge in [0.05, 0.1) is 17.1 Å². The molecule has 0 bridgehead atoms. The Kier molecular flexibility index (Phi) is 6.10. The highest BCUT2D eigenvalue weighted by atomic mass is 35.5. The molecular weight excluding hydrogens is 301 g/mol. The lowest BCUT2D eigenvalue weighted by atomic mass is 10.2. The van der Waals surface area contributed by atoms with Gasteiger partial charge in [-0.2, -0.15) is 0 Å². The number of carbonyl (C=O) groups is 2. The van der Waals surface area contributed by atoms with E-state index in [0.717, 1.165) is 25.9 Å². The second-order valence-corrected chi connectivity index (χ2v) is 4.92. The minimum Gasteiger partial charge on any atom is -0.399 e. The van der Waals surface area contributed by atoms with Crippen LogP contribution in [0, 0.1) is 0 Å². The lowest BCUT2D eigenvalue weighted by Crippen LogP contribution is -2.38. The summed E-state index contributed by atoms with van der Waals surface area (Å²) >= 11 is 5.93. The maximum atomic E-state index is 11.9. The van der Waals surface area contributed by atoms with Crippen LogP contribution < -0.4 is 11.1 Å². The average Bonchev–Trinajstić information content (AvgIpc) is 2.89. The maximum Gasteiger partial charge on any atom is 0.253 e. The lowest BCUT2D eigenvalue weighted by Gasteiger charge is -2.15. The molecular formula is C13H17Cl2N3O2. The smallest absolute Gasteiger partial charge is 0.253 e. The van der Waals surface area contributed by atoms with E-state index >= 15 is 0 Å². The lowest BCUT2D eigenvalue weighted by molar-refractivity contribution is -0.129. The van der Waals surface area contributed by atoms with E-state index in [1.54, 1.807) is 17.0 Å². The van der Waals surface area contributed by atoms with E-state index in [9.17, 15) is 9.59 Å². The monoisotopic (exact) mass is 317 g/mol. The number of carbonyl (C=O) groups excluding carboxylic acids is 2. The van der Waals surface area contributed by atoms with Crippen LogP contribution in [0.15, 0.2) is 18.2 Å². The molecule has 0 atom stereocenters. The summed E-state index contributed by atoms with van der Waals surface area (Å²) in [5.74, 6) is -0.421. The molecule has 0 aliphatic carbocycles. The van der Waals surface area contributed by atoms with Crippen molar-refractivity contribution in [3.05, 3.63) is 28.8 Å². The number of nitrogen functional groups attached to an aromatic ring is 1. The van der Waals surface area contributed by atoms with E-state index in [2.05, 4.69) is 5.32 Å². The van der Waals surface area contributed by atoms with Crippen molar-refractivity contribution in [3.8, 4) is 0 Å². The van der Waals surface area contributed by atoms with Crippen LogP contribution in [0.2, 0.25) is 5.02 Å². The first-order chi connectivity index (χ1) is 9.08. The topological polar surface area (TPSA) is 75.4 Å². The van der Waals surface area contributed by atoms with E-state index in [0.29, 0.717) is 11.3 Å². The Balaban J connectivity index is 0.00000200. The Hall–Kier alpha value is -1.46. The fourth-order valence-electron chi connectivity index (χ4n) is 2.04. The zero-order chi connectivity index (χ0) is 13.8.